The topological polar surface area (TPSA) is 95.4 Å². The normalized spacial score (nSPS) is 26.0. The summed E-state index contributed by atoms with van der Waals surface area (Å²) in [6.07, 6.45) is 3.27. The number of hydrogen-bond donors (Lipinski definition) is 3. The van der Waals surface area contributed by atoms with Gasteiger partial charge >= 0.3 is 0 Å². The Labute approximate surface area is 212 Å². The average molecular weight is 548 g/mol. The molecule has 1 aromatic carbocycles. The fourth-order valence-corrected chi connectivity index (χ4v) is 6.13. The number of aliphatic hydroxyl groups excluding tert-OH is 1. The first-order chi connectivity index (χ1) is 16.4. The van der Waals surface area contributed by atoms with Crippen molar-refractivity contribution < 1.29 is 9.84 Å². The monoisotopic (exact) mass is 546 g/mol. The SMILES string of the molecule is C[C@@H]1COC[C@@H](C)N1Cc1cc(Nc2nc3ccc(Br)cc3s2)nc(N[C@H]2CC[C@H](O)CC2)n1. The zero-order chi connectivity index (χ0) is 23.7. The second-order valence-corrected chi connectivity index (χ2v) is 11.3. The van der Waals surface area contributed by atoms with Gasteiger partial charge in [-0.15, -0.1) is 0 Å². The second-order valence-electron chi connectivity index (χ2n) is 9.38. The molecular weight excluding hydrogens is 516 g/mol. The average Bonchev–Trinajstić information content (AvgIpc) is 3.19. The number of fused-ring (bicyclic) bond motifs is 1. The summed E-state index contributed by atoms with van der Waals surface area (Å²) in [7, 11) is 0. The van der Waals surface area contributed by atoms with Crippen LogP contribution in [0.1, 0.15) is 45.2 Å². The van der Waals surface area contributed by atoms with Gasteiger partial charge in [0.2, 0.25) is 5.95 Å². The number of rotatable bonds is 6. The molecule has 0 amide bonds. The molecule has 1 aliphatic carbocycles. The van der Waals surface area contributed by atoms with Crippen LogP contribution in [-0.2, 0) is 11.3 Å². The predicted octanol–water partition coefficient (Wildman–Crippen LogP) is 4.92. The molecule has 0 bridgehead atoms. The zero-order valence-corrected chi connectivity index (χ0v) is 21.9. The summed E-state index contributed by atoms with van der Waals surface area (Å²) in [5.41, 5.74) is 1.92. The van der Waals surface area contributed by atoms with Crippen LogP contribution in [0.3, 0.4) is 0 Å². The molecular formula is C24H31BrN6O2S. The van der Waals surface area contributed by atoms with Crippen LogP contribution < -0.4 is 10.6 Å². The lowest BCUT2D eigenvalue weighted by atomic mass is 9.93. The van der Waals surface area contributed by atoms with Gasteiger partial charge in [-0.25, -0.2) is 9.97 Å². The molecule has 0 radical (unpaired) electrons. The fraction of sp³-hybridized carbons (Fsp3) is 0.542. The quantitative estimate of drug-likeness (QED) is 0.401. The fourth-order valence-electron chi connectivity index (χ4n) is 4.71. The van der Waals surface area contributed by atoms with Crippen LogP contribution in [-0.4, -0.2) is 62.4 Å². The summed E-state index contributed by atoms with van der Waals surface area (Å²) in [4.78, 5) is 16.8. The Kier molecular flexibility index (Phi) is 7.31. The van der Waals surface area contributed by atoms with Crippen molar-refractivity contribution >= 4 is 54.4 Å². The maximum absolute atomic E-state index is 9.86. The van der Waals surface area contributed by atoms with Gasteiger partial charge in [0.25, 0.3) is 0 Å². The Bertz CT molecular complexity index is 1130. The summed E-state index contributed by atoms with van der Waals surface area (Å²) in [6.45, 7) is 6.59. The molecule has 1 aliphatic heterocycles. The minimum Gasteiger partial charge on any atom is -0.393 e. The van der Waals surface area contributed by atoms with Crippen molar-refractivity contribution in [3.05, 3.63) is 34.4 Å². The van der Waals surface area contributed by atoms with Crippen LogP contribution in [0.4, 0.5) is 16.9 Å². The molecule has 1 saturated heterocycles. The van der Waals surface area contributed by atoms with Crippen molar-refractivity contribution in [3.63, 3.8) is 0 Å². The number of hydrogen-bond acceptors (Lipinski definition) is 9. The molecule has 3 aromatic rings. The van der Waals surface area contributed by atoms with Crippen molar-refractivity contribution in [2.45, 2.75) is 70.3 Å². The van der Waals surface area contributed by atoms with E-state index in [1.165, 1.54) is 0 Å². The van der Waals surface area contributed by atoms with E-state index in [0.29, 0.717) is 18.0 Å². The summed E-state index contributed by atoms with van der Waals surface area (Å²) in [5.74, 6) is 1.36. The molecule has 0 spiro atoms. The molecule has 182 valence electrons. The minimum atomic E-state index is -0.189. The van der Waals surface area contributed by atoms with E-state index in [9.17, 15) is 5.11 Å². The number of nitrogens with one attached hydrogen (secondary N) is 2. The number of aliphatic hydroxyl groups is 1. The number of anilines is 3. The maximum atomic E-state index is 9.86. The highest BCUT2D eigenvalue weighted by Crippen LogP contribution is 2.31. The van der Waals surface area contributed by atoms with Crippen molar-refractivity contribution in [3.8, 4) is 0 Å². The van der Waals surface area contributed by atoms with E-state index in [4.69, 9.17) is 19.7 Å². The summed E-state index contributed by atoms with van der Waals surface area (Å²) >= 11 is 5.14. The van der Waals surface area contributed by atoms with Gasteiger partial charge in [0.1, 0.15) is 5.82 Å². The van der Waals surface area contributed by atoms with E-state index in [1.54, 1.807) is 11.3 Å². The highest BCUT2D eigenvalue weighted by Gasteiger charge is 2.26. The van der Waals surface area contributed by atoms with E-state index < -0.39 is 0 Å². The molecule has 5 rings (SSSR count). The Hall–Kier alpha value is -1.85. The molecule has 8 nitrogen and oxygen atoms in total. The van der Waals surface area contributed by atoms with Gasteiger partial charge in [0.05, 0.1) is 35.2 Å². The highest BCUT2D eigenvalue weighted by molar-refractivity contribution is 9.10. The van der Waals surface area contributed by atoms with Gasteiger partial charge in [0, 0.05) is 35.2 Å². The lowest BCUT2D eigenvalue weighted by Crippen LogP contribution is -2.49. The van der Waals surface area contributed by atoms with Crippen LogP contribution in [0.25, 0.3) is 10.2 Å². The number of benzene rings is 1. The first-order valence-electron chi connectivity index (χ1n) is 11.9. The molecule has 10 heteroatoms. The van der Waals surface area contributed by atoms with Crippen LogP contribution in [0.2, 0.25) is 0 Å². The van der Waals surface area contributed by atoms with Gasteiger partial charge in [-0.05, 0) is 57.7 Å². The third kappa shape index (κ3) is 5.68. The number of ether oxygens (including phenoxy) is 1. The van der Waals surface area contributed by atoms with Gasteiger partial charge in [-0.3, -0.25) is 4.90 Å². The van der Waals surface area contributed by atoms with Crippen molar-refractivity contribution in [2.75, 3.05) is 23.8 Å². The van der Waals surface area contributed by atoms with Gasteiger partial charge in [-0.2, -0.15) is 4.98 Å². The summed E-state index contributed by atoms with van der Waals surface area (Å²) in [5, 5.41) is 17.6. The third-order valence-corrected chi connectivity index (χ3v) is 8.02. The number of nitrogens with zero attached hydrogens (tertiary/aromatic N) is 4. The largest absolute Gasteiger partial charge is 0.393 e. The van der Waals surface area contributed by atoms with Crippen molar-refractivity contribution in [1.29, 1.82) is 0 Å². The summed E-state index contributed by atoms with van der Waals surface area (Å²) in [6, 6.07) is 9.04. The molecule has 0 unspecified atom stereocenters. The Morgan fingerprint density at radius 3 is 2.62 bits per heavy atom. The second kappa shape index (κ2) is 10.4. The first kappa shape index (κ1) is 23.9. The van der Waals surface area contributed by atoms with Crippen LogP contribution >= 0.6 is 27.3 Å². The molecule has 2 atom stereocenters. The molecule has 3 N–H and O–H groups in total. The third-order valence-electron chi connectivity index (χ3n) is 6.59. The number of halogens is 1. The van der Waals surface area contributed by atoms with Gasteiger partial charge in [-0.1, -0.05) is 27.3 Å². The van der Waals surface area contributed by atoms with Crippen LogP contribution in [0, 0.1) is 0 Å². The maximum Gasteiger partial charge on any atom is 0.225 e. The van der Waals surface area contributed by atoms with Crippen molar-refractivity contribution in [1.82, 2.24) is 19.9 Å². The zero-order valence-electron chi connectivity index (χ0n) is 19.5. The van der Waals surface area contributed by atoms with Crippen LogP contribution in [0.15, 0.2) is 28.7 Å². The lowest BCUT2D eigenvalue weighted by molar-refractivity contribution is -0.0414. The molecule has 1 saturated carbocycles. The molecule has 2 aromatic heterocycles. The van der Waals surface area contributed by atoms with Crippen molar-refractivity contribution in [2.24, 2.45) is 0 Å². The molecule has 3 heterocycles. The van der Waals surface area contributed by atoms with Crippen LogP contribution in [0.5, 0.6) is 0 Å². The molecule has 2 fully saturated rings. The Morgan fingerprint density at radius 1 is 1.09 bits per heavy atom. The predicted molar refractivity (Wildman–Crippen MR) is 140 cm³/mol. The van der Waals surface area contributed by atoms with E-state index >= 15 is 0 Å². The number of thiazole rings is 1. The number of morpholine rings is 1. The number of aromatic nitrogens is 3. The standard InChI is InChI=1S/C24H31BrN6O2S/c1-14-12-33-13-15(2)31(14)11-18-10-22(29-23(27-18)26-17-4-6-19(32)7-5-17)30-24-28-20-8-3-16(25)9-21(20)34-24/h3,8-10,14-15,17,19,32H,4-7,11-13H2,1-2H3,(H2,26,27,28,29,30)/t14-,15-,17-,19-/m1/s1. The Balaban J connectivity index is 1.40. The minimum absolute atomic E-state index is 0.189. The van der Waals surface area contributed by atoms with E-state index in [2.05, 4.69) is 51.4 Å². The van der Waals surface area contributed by atoms with Gasteiger partial charge < -0.3 is 20.5 Å². The van der Waals surface area contributed by atoms with E-state index in [1.807, 2.05) is 18.2 Å². The Morgan fingerprint density at radius 2 is 1.85 bits per heavy atom. The van der Waals surface area contributed by atoms with E-state index in [0.717, 1.165) is 76.8 Å². The summed E-state index contributed by atoms with van der Waals surface area (Å²) < 4.78 is 7.86. The molecule has 2 aliphatic rings. The van der Waals surface area contributed by atoms with E-state index in [-0.39, 0.29) is 12.1 Å². The van der Waals surface area contributed by atoms with Gasteiger partial charge in [0.15, 0.2) is 5.13 Å². The lowest BCUT2D eigenvalue weighted by Gasteiger charge is -2.38. The highest BCUT2D eigenvalue weighted by atomic mass is 79.9. The first-order valence-corrected chi connectivity index (χ1v) is 13.5. The smallest absolute Gasteiger partial charge is 0.225 e. The molecule has 34 heavy (non-hydrogen) atoms.